The van der Waals surface area contributed by atoms with Gasteiger partial charge in [0.15, 0.2) is 5.69 Å². The summed E-state index contributed by atoms with van der Waals surface area (Å²) >= 11 is 0. The van der Waals surface area contributed by atoms with Gasteiger partial charge in [-0.2, -0.15) is 5.10 Å². The molecule has 1 saturated heterocycles. The summed E-state index contributed by atoms with van der Waals surface area (Å²) in [5, 5.41) is 7.36. The van der Waals surface area contributed by atoms with Gasteiger partial charge in [0.2, 0.25) is 0 Å². The number of amides is 1. The van der Waals surface area contributed by atoms with E-state index in [0.717, 1.165) is 56.1 Å². The van der Waals surface area contributed by atoms with Crippen LogP contribution in [0, 0.1) is 5.92 Å². The van der Waals surface area contributed by atoms with Gasteiger partial charge in [-0.25, -0.2) is 0 Å². The Kier molecular flexibility index (Phi) is 5.25. The molecule has 0 aliphatic carbocycles. The third-order valence-electron chi connectivity index (χ3n) is 5.32. The summed E-state index contributed by atoms with van der Waals surface area (Å²) in [6, 6.07) is 0. The number of hydrogen-bond donors (Lipinski definition) is 1. The zero-order valence-electron chi connectivity index (χ0n) is 15.3. The lowest BCUT2D eigenvalue weighted by molar-refractivity contribution is -0.00703. The lowest BCUT2D eigenvalue weighted by Gasteiger charge is -2.32. The van der Waals surface area contributed by atoms with Crippen LogP contribution in [0.1, 0.15) is 61.0 Å². The number of H-pyrrole nitrogens is 1. The maximum atomic E-state index is 12.9. The minimum absolute atomic E-state index is 0.0189. The minimum atomic E-state index is -0.0189. The zero-order valence-corrected chi connectivity index (χ0v) is 15.3. The molecule has 24 heavy (non-hydrogen) atoms. The summed E-state index contributed by atoms with van der Waals surface area (Å²) in [5.41, 5.74) is 2.64. The Morgan fingerprint density at radius 1 is 1.33 bits per heavy atom. The molecule has 134 valence electrons. The number of nitrogens with zero attached hydrogens (tertiary/aromatic N) is 3. The maximum Gasteiger partial charge on any atom is 0.274 e. The normalized spacial score (nSPS) is 25.1. The number of likely N-dealkylation sites (tertiary alicyclic amines) is 1. The Morgan fingerprint density at radius 2 is 2.04 bits per heavy atom. The van der Waals surface area contributed by atoms with Gasteiger partial charge < -0.3 is 14.5 Å². The van der Waals surface area contributed by atoms with Crippen LogP contribution in [0.2, 0.25) is 0 Å². The average molecular weight is 334 g/mol. The highest BCUT2D eigenvalue weighted by Crippen LogP contribution is 2.31. The number of aromatic amines is 1. The van der Waals surface area contributed by atoms with Gasteiger partial charge >= 0.3 is 0 Å². The van der Waals surface area contributed by atoms with Crippen molar-refractivity contribution in [2.75, 3.05) is 33.7 Å². The van der Waals surface area contributed by atoms with Crippen LogP contribution in [0.3, 0.4) is 0 Å². The van der Waals surface area contributed by atoms with Crippen molar-refractivity contribution < 1.29 is 9.53 Å². The lowest BCUT2D eigenvalue weighted by atomic mass is 9.92. The number of ether oxygens (including phenoxy) is 1. The minimum Gasteiger partial charge on any atom is -0.369 e. The first-order chi connectivity index (χ1) is 11.5. The smallest absolute Gasteiger partial charge is 0.274 e. The fourth-order valence-corrected chi connectivity index (χ4v) is 3.87. The van der Waals surface area contributed by atoms with Crippen molar-refractivity contribution in [1.29, 1.82) is 0 Å². The van der Waals surface area contributed by atoms with E-state index in [1.165, 1.54) is 6.42 Å². The maximum absolute atomic E-state index is 12.9. The second-order valence-corrected chi connectivity index (χ2v) is 7.59. The molecule has 2 atom stereocenters. The number of carbonyl (C=O) groups excluding carboxylic acids is 1. The highest BCUT2D eigenvalue weighted by molar-refractivity contribution is 5.94. The Balaban J connectivity index is 1.62. The van der Waals surface area contributed by atoms with Gasteiger partial charge in [0.05, 0.1) is 17.9 Å². The summed E-state index contributed by atoms with van der Waals surface area (Å²) in [6.07, 6.45) is 4.29. The topological polar surface area (TPSA) is 61.5 Å². The SMILES string of the molecule is C[C@@H]1Cc2c(C(=O)N3CCC(CCN(C)C)CC3)n[nH]c2[C@H](C)O1. The van der Waals surface area contributed by atoms with Gasteiger partial charge in [0.1, 0.15) is 0 Å². The zero-order chi connectivity index (χ0) is 17.3. The number of carbonyl (C=O) groups is 1. The van der Waals surface area contributed by atoms with E-state index in [1.54, 1.807) is 0 Å². The number of piperidine rings is 1. The van der Waals surface area contributed by atoms with Crippen LogP contribution < -0.4 is 0 Å². The Labute approximate surface area is 144 Å². The van der Waals surface area contributed by atoms with Crippen molar-refractivity contribution in [2.24, 2.45) is 5.92 Å². The predicted molar refractivity (Wildman–Crippen MR) is 93.1 cm³/mol. The van der Waals surface area contributed by atoms with Gasteiger partial charge in [-0.05, 0) is 59.7 Å². The molecule has 0 radical (unpaired) electrons. The molecule has 1 fully saturated rings. The molecule has 0 aromatic carbocycles. The van der Waals surface area contributed by atoms with E-state index >= 15 is 0 Å². The molecule has 2 aliphatic rings. The van der Waals surface area contributed by atoms with Crippen molar-refractivity contribution >= 4 is 5.91 Å². The summed E-state index contributed by atoms with van der Waals surface area (Å²) in [4.78, 5) is 17.1. The molecule has 2 aliphatic heterocycles. The molecule has 1 amide bonds. The molecular weight excluding hydrogens is 304 g/mol. The Bertz CT molecular complexity index is 576. The molecule has 6 nitrogen and oxygen atoms in total. The van der Waals surface area contributed by atoms with Crippen molar-refractivity contribution in [1.82, 2.24) is 20.0 Å². The van der Waals surface area contributed by atoms with Crippen molar-refractivity contribution in [2.45, 2.75) is 51.7 Å². The summed E-state index contributed by atoms with van der Waals surface area (Å²) in [6.45, 7) is 6.88. The summed E-state index contributed by atoms with van der Waals surface area (Å²) in [5.74, 6) is 0.817. The van der Waals surface area contributed by atoms with Gasteiger partial charge in [-0.15, -0.1) is 0 Å². The van der Waals surface area contributed by atoms with Crippen LogP contribution in [0.4, 0.5) is 0 Å². The molecule has 3 heterocycles. The molecule has 0 spiro atoms. The van der Waals surface area contributed by atoms with Gasteiger partial charge in [0, 0.05) is 25.1 Å². The lowest BCUT2D eigenvalue weighted by Crippen LogP contribution is -2.39. The van der Waals surface area contributed by atoms with Crippen LogP contribution in [-0.4, -0.2) is 65.7 Å². The van der Waals surface area contributed by atoms with Gasteiger partial charge in [-0.3, -0.25) is 9.89 Å². The molecule has 3 rings (SSSR count). The van der Waals surface area contributed by atoms with Crippen LogP contribution in [-0.2, 0) is 11.2 Å². The molecule has 0 saturated carbocycles. The number of aromatic nitrogens is 2. The molecule has 1 N–H and O–H groups in total. The average Bonchev–Trinajstić information content (AvgIpc) is 2.96. The van der Waals surface area contributed by atoms with Crippen molar-refractivity contribution in [3.8, 4) is 0 Å². The first-order valence-corrected chi connectivity index (χ1v) is 9.12. The monoisotopic (exact) mass is 334 g/mol. The first-order valence-electron chi connectivity index (χ1n) is 9.12. The Hall–Kier alpha value is -1.40. The van der Waals surface area contributed by atoms with Crippen LogP contribution in [0.15, 0.2) is 0 Å². The third kappa shape index (κ3) is 3.64. The van der Waals surface area contributed by atoms with E-state index < -0.39 is 0 Å². The van der Waals surface area contributed by atoms with Crippen LogP contribution in [0.25, 0.3) is 0 Å². The first kappa shape index (κ1) is 17.4. The molecule has 6 heteroatoms. The predicted octanol–water partition coefficient (Wildman–Crippen LogP) is 2.24. The van der Waals surface area contributed by atoms with Crippen LogP contribution in [0.5, 0.6) is 0 Å². The van der Waals surface area contributed by atoms with Gasteiger partial charge in [0.25, 0.3) is 5.91 Å². The second-order valence-electron chi connectivity index (χ2n) is 7.59. The Morgan fingerprint density at radius 3 is 2.71 bits per heavy atom. The molecular formula is C18H30N4O2. The standard InChI is InChI=1S/C18H30N4O2/c1-12-11-15-16(13(2)24-12)19-20-17(15)18(23)22-9-6-14(7-10-22)5-8-21(3)4/h12-14H,5-11H2,1-4H3,(H,19,20)/t12-,13+/m1/s1. The molecule has 0 bridgehead atoms. The fraction of sp³-hybridized carbons (Fsp3) is 0.778. The number of rotatable bonds is 4. The third-order valence-corrected chi connectivity index (χ3v) is 5.32. The van der Waals surface area contributed by atoms with E-state index in [0.29, 0.717) is 5.69 Å². The molecule has 0 unspecified atom stereocenters. The molecule has 1 aromatic heterocycles. The second kappa shape index (κ2) is 7.23. The molecule has 1 aromatic rings. The number of nitrogens with one attached hydrogen (secondary N) is 1. The highest BCUT2D eigenvalue weighted by atomic mass is 16.5. The van der Waals surface area contributed by atoms with E-state index in [-0.39, 0.29) is 18.1 Å². The van der Waals surface area contributed by atoms with Crippen LogP contribution >= 0.6 is 0 Å². The summed E-state index contributed by atoms with van der Waals surface area (Å²) < 4.78 is 5.81. The summed E-state index contributed by atoms with van der Waals surface area (Å²) in [7, 11) is 4.23. The number of fused-ring (bicyclic) bond motifs is 1. The largest absolute Gasteiger partial charge is 0.369 e. The van der Waals surface area contributed by atoms with Crippen molar-refractivity contribution in [3.05, 3.63) is 17.0 Å². The van der Waals surface area contributed by atoms with Crippen molar-refractivity contribution in [3.63, 3.8) is 0 Å². The quantitative estimate of drug-likeness (QED) is 0.917. The van der Waals surface area contributed by atoms with E-state index in [4.69, 9.17) is 4.74 Å². The van der Waals surface area contributed by atoms with Gasteiger partial charge in [-0.1, -0.05) is 0 Å². The van der Waals surface area contributed by atoms with E-state index in [9.17, 15) is 4.79 Å². The number of hydrogen-bond acceptors (Lipinski definition) is 4. The highest BCUT2D eigenvalue weighted by Gasteiger charge is 2.32. The van der Waals surface area contributed by atoms with E-state index in [2.05, 4.69) is 36.1 Å². The fourth-order valence-electron chi connectivity index (χ4n) is 3.87. The van der Waals surface area contributed by atoms with E-state index in [1.807, 2.05) is 11.8 Å².